The first-order valence-electron chi connectivity index (χ1n) is 6.74. The van der Waals surface area contributed by atoms with Gasteiger partial charge in [0.1, 0.15) is 0 Å². The number of hydrogen-bond donors (Lipinski definition) is 1. The number of fused-ring (bicyclic) bond motifs is 1. The highest BCUT2D eigenvalue weighted by Crippen LogP contribution is 2.29. The van der Waals surface area contributed by atoms with Crippen LogP contribution >= 0.6 is 0 Å². The zero-order valence-corrected chi connectivity index (χ0v) is 10.5. The minimum absolute atomic E-state index is 0.434. The Morgan fingerprint density at radius 3 is 2.94 bits per heavy atom. The molecule has 3 nitrogen and oxygen atoms in total. The number of rotatable bonds is 3. The lowest BCUT2D eigenvalue weighted by atomic mass is 10.0. The summed E-state index contributed by atoms with van der Waals surface area (Å²) in [6.45, 7) is 4.85. The van der Waals surface area contributed by atoms with E-state index in [4.69, 9.17) is 0 Å². The molecule has 3 atom stereocenters. The summed E-state index contributed by atoms with van der Waals surface area (Å²) in [5.74, 6) is 0. The van der Waals surface area contributed by atoms with E-state index in [9.17, 15) is 0 Å². The predicted octanol–water partition coefficient (Wildman–Crippen LogP) is 1.97. The van der Waals surface area contributed by atoms with Crippen LogP contribution in [0.4, 0.5) is 0 Å². The molecule has 17 heavy (non-hydrogen) atoms. The van der Waals surface area contributed by atoms with Crippen LogP contribution in [0.3, 0.4) is 0 Å². The summed E-state index contributed by atoms with van der Waals surface area (Å²) in [5, 5.41) is 3.80. The fraction of sp³-hybridized carbons (Fsp3) is 0.643. The zero-order valence-electron chi connectivity index (χ0n) is 10.5. The molecule has 92 valence electrons. The topological polar surface area (TPSA) is 28.2 Å². The average molecular weight is 231 g/mol. The van der Waals surface area contributed by atoms with E-state index in [-0.39, 0.29) is 0 Å². The Hall–Kier alpha value is -0.930. The Kier molecular flexibility index (Phi) is 3.12. The van der Waals surface area contributed by atoms with Crippen LogP contribution in [0.5, 0.6) is 0 Å². The maximum atomic E-state index is 4.08. The third-order valence-corrected chi connectivity index (χ3v) is 4.28. The van der Waals surface area contributed by atoms with Gasteiger partial charge in [0.2, 0.25) is 0 Å². The summed E-state index contributed by atoms with van der Waals surface area (Å²) in [4.78, 5) is 6.73. The van der Waals surface area contributed by atoms with Crippen LogP contribution in [0.2, 0.25) is 0 Å². The predicted molar refractivity (Wildman–Crippen MR) is 68.8 cm³/mol. The number of pyridine rings is 1. The molecule has 1 aromatic rings. The molecule has 2 unspecified atom stereocenters. The van der Waals surface area contributed by atoms with Crippen LogP contribution in [-0.4, -0.2) is 35.1 Å². The van der Waals surface area contributed by atoms with Crippen LogP contribution in [0.25, 0.3) is 0 Å². The molecule has 2 saturated heterocycles. The molecule has 0 aromatic carbocycles. The highest BCUT2D eigenvalue weighted by molar-refractivity contribution is 5.14. The molecule has 3 heterocycles. The summed E-state index contributed by atoms with van der Waals surface area (Å²) in [6.07, 6.45) is 7.82. The van der Waals surface area contributed by atoms with Gasteiger partial charge in [-0.25, -0.2) is 0 Å². The van der Waals surface area contributed by atoms with Crippen molar-refractivity contribution in [2.24, 2.45) is 0 Å². The number of hydrogen-bond acceptors (Lipinski definition) is 3. The fourth-order valence-corrected chi connectivity index (χ4v) is 3.35. The number of nitrogens with zero attached hydrogens (tertiary/aromatic N) is 2. The van der Waals surface area contributed by atoms with Gasteiger partial charge < -0.3 is 5.32 Å². The summed E-state index contributed by atoms with van der Waals surface area (Å²) in [7, 11) is 0. The lowest BCUT2D eigenvalue weighted by Crippen LogP contribution is -2.40. The summed E-state index contributed by atoms with van der Waals surface area (Å²) in [5.41, 5.74) is 1.34. The van der Waals surface area contributed by atoms with E-state index in [1.807, 2.05) is 12.4 Å². The van der Waals surface area contributed by atoms with Crippen molar-refractivity contribution in [3.8, 4) is 0 Å². The monoisotopic (exact) mass is 231 g/mol. The SMILES string of the molecule is C[C@H](NC1CCN2CCCC12)c1ccncc1. The van der Waals surface area contributed by atoms with Crippen molar-refractivity contribution >= 4 is 0 Å². The van der Waals surface area contributed by atoms with Crippen molar-refractivity contribution in [1.29, 1.82) is 0 Å². The molecule has 2 aliphatic heterocycles. The molecule has 1 N–H and O–H groups in total. The van der Waals surface area contributed by atoms with Crippen molar-refractivity contribution in [3.05, 3.63) is 30.1 Å². The van der Waals surface area contributed by atoms with Gasteiger partial charge in [-0.15, -0.1) is 0 Å². The molecule has 3 rings (SSSR count). The highest BCUT2D eigenvalue weighted by atomic mass is 15.2. The molecule has 0 aliphatic carbocycles. The largest absolute Gasteiger partial charge is 0.306 e. The van der Waals surface area contributed by atoms with Crippen molar-refractivity contribution in [3.63, 3.8) is 0 Å². The maximum Gasteiger partial charge on any atom is 0.0296 e. The van der Waals surface area contributed by atoms with E-state index in [0.717, 1.165) is 6.04 Å². The van der Waals surface area contributed by atoms with E-state index < -0.39 is 0 Å². The van der Waals surface area contributed by atoms with Gasteiger partial charge in [0.15, 0.2) is 0 Å². The van der Waals surface area contributed by atoms with E-state index in [0.29, 0.717) is 12.1 Å². The number of aromatic nitrogens is 1. The van der Waals surface area contributed by atoms with Gasteiger partial charge >= 0.3 is 0 Å². The summed E-state index contributed by atoms with van der Waals surface area (Å²) in [6, 6.07) is 6.13. The van der Waals surface area contributed by atoms with Gasteiger partial charge in [-0.05, 0) is 50.4 Å². The molecular weight excluding hydrogens is 210 g/mol. The molecule has 0 bridgehead atoms. The first kappa shape index (κ1) is 11.2. The van der Waals surface area contributed by atoms with Gasteiger partial charge in [-0.1, -0.05) is 0 Å². The molecular formula is C14H21N3. The highest BCUT2D eigenvalue weighted by Gasteiger charge is 2.37. The summed E-state index contributed by atoms with van der Waals surface area (Å²) < 4.78 is 0. The normalized spacial score (nSPS) is 30.4. The Bertz CT molecular complexity index is 365. The Balaban J connectivity index is 1.64. The van der Waals surface area contributed by atoms with Gasteiger partial charge in [0.05, 0.1) is 0 Å². The van der Waals surface area contributed by atoms with Crippen LogP contribution in [0.15, 0.2) is 24.5 Å². The van der Waals surface area contributed by atoms with E-state index in [1.165, 1.54) is 37.9 Å². The minimum atomic E-state index is 0.434. The Morgan fingerprint density at radius 2 is 2.12 bits per heavy atom. The third-order valence-electron chi connectivity index (χ3n) is 4.28. The minimum Gasteiger partial charge on any atom is -0.306 e. The summed E-state index contributed by atoms with van der Waals surface area (Å²) >= 11 is 0. The Morgan fingerprint density at radius 1 is 1.29 bits per heavy atom. The van der Waals surface area contributed by atoms with Crippen molar-refractivity contribution < 1.29 is 0 Å². The molecule has 0 spiro atoms. The van der Waals surface area contributed by atoms with Crippen molar-refractivity contribution in [1.82, 2.24) is 15.2 Å². The van der Waals surface area contributed by atoms with Crippen LogP contribution < -0.4 is 5.32 Å². The lowest BCUT2D eigenvalue weighted by molar-refractivity contribution is 0.291. The van der Waals surface area contributed by atoms with Gasteiger partial charge in [0.25, 0.3) is 0 Å². The van der Waals surface area contributed by atoms with Gasteiger partial charge in [-0.2, -0.15) is 0 Å². The van der Waals surface area contributed by atoms with E-state index >= 15 is 0 Å². The molecule has 2 aliphatic rings. The molecule has 3 heteroatoms. The lowest BCUT2D eigenvalue weighted by Gasteiger charge is -2.25. The number of nitrogens with one attached hydrogen (secondary N) is 1. The second-order valence-electron chi connectivity index (χ2n) is 5.31. The average Bonchev–Trinajstić information content (AvgIpc) is 2.95. The van der Waals surface area contributed by atoms with Crippen LogP contribution in [-0.2, 0) is 0 Å². The first-order valence-corrected chi connectivity index (χ1v) is 6.74. The smallest absolute Gasteiger partial charge is 0.0296 e. The molecule has 1 aromatic heterocycles. The quantitative estimate of drug-likeness (QED) is 0.862. The van der Waals surface area contributed by atoms with Crippen molar-refractivity contribution in [2.75, 3.05) is 13.1 Å². The fourth-order valence-electron chi connectivity index (χ4n) is 3.35. The first-order chi connectivity index (χ1) is 8.34. The zero-order chi connectivity index (χ0) is 11.7. The van der Waals surface area contributed by atoms with Crippen LogP contribution in [0, 0.1) is 0 Å². The maximum absolute atomic E-state index is 4.08. The molecule has 0 radical (unpaired) electrons. The molecule has 0 saturated carbocycles. The van der Waals surface area contributed by atoms with Crippen LogP contribution in [0.1, 0.15) is 37.8 Å². The standard InChI is InChI=1S/C14H21N3/c1-11(12-4-7-15-8-5-12)16-13-6-10-17-9-2-3-14(13)17/h4-5,7-8,11,13-14,16H,2-3,6,9-10H2,1H3/t11-,13?,14?/m0/s1. The third kappa shape index (κ3) is 2.22. The molecule has 0 amide bonds. The van der Waals surface area contributed by atoms with E-state index in [2.05, 4.69) is 34.3 Å². The van der Waals surface area contributed by atoms with Gasteiger partial charge in [0, 0.05) is 37.1 Å². The van der Waals surface area contributed by atoms with Crippen molar-refractivity contribution in [2.45, 2.75) is 44.3 Å². The van der Waals surface area contributed by atoms with E-state index in [1.54, 1.807) is 0 Å². The molecule has 2 fully saturated rings. The Labute approximate surface area is 103 Å². The van der Waals surface area contributed by atoms with Gasteiger partial charge in [-0.3, -0.25) is 9.88 Å². The second kappa shape index (κ2) is 4.75. The second-order valence-corrected chi connectivity index (χ2v) is 5.31.